The second-order valence-corrected chi connectivity index (χ2v) is 6.08. The van der Waals surface area contributed by atoms with Gasteiger partial charge < -0.3 is 10.6 Å². The Bertz CT molecular complexity index is 692. The Morgan fingerprint density at radius 2 is 2.15 bits per heavy atom. The highest BCUT2D eigenvalue weighted by atomic mass is 32.1. The lowest BCUT2D eigenvalue weighted by Crippen LogP contribution is -2.11. The molecule has 0 bridgehead atoms. The third kappa shape index (κ3) is 2.46. The van der Waals surface area contributed by atoms with E-state index in [9.17, 15) is 0 Å². The largest absolute Gasteiger partial charge is 0.360 e. The molecule has 3 rings (SSSR count). The van der Waals surface area contributed by atoms with Gasteiger partial charge in [0.25, 0.3) is 0 Å². The van der Waals surface area contributed by atoms with Crippen molar-refractivity contribution in [2.75, 3.05) is 17.7 Å². The lowest BCUT2D eigenvalue weighted by atomic mass is 10.2. The second kappa shape index (κ2) is 5.72. The van der Waals surface area contributed by atoms with Crippen LogP contribution in [0.25, 0.3) is 10.2 Å². The van der Waals surface area contributed by atoms with Crippen molar-refractivity contribution < 1.29 is 0 Å². The first-order valence-corrected chi connectivity index (χ1v) is 8.16. The van der Waals surface area contributed by atoms with Crippen molar-refractivity contribution in [2.24, 2.45) is 0 Å². The van der Waals surface area contributed by atoms with Crippen LogP contribution in [0.1, 0.15) is 24.4 Å². The molecule has 2 N–H and O–H groups in total. The maximum Gasteiger partial charge on any atom is 0.225 e. The summed E-state index contributed by atoms with van der Waals surface area (Å²) < 4.78 is 0. The molecular weight excluding hydrogens is 290 g/mol. The maximum atomic E-state index is 4.54. The van der Waals surface area contributed by atoms with Gasteiger partial charge in [0.05, 0.1) is 11.4 Å². The zero-order valence-electron chi connectivity index (χ0n) is 11.3. The number of anilines is 2. The lowest BCUT2D eigenvalue weighted by molar-refractivity contribution is 0.739. The van der Waals surface area contributed by atoms with Gasteiger partial charge in [0.2, 0.25) is 5.95 Å². The zero-order chi connectivity index (χ0) is 13.9. The summed E-state index contributed by atoms with van der Waals surface area (Å²) in [6.07, 6.45) is 2.79. The fourth-order valence-electron chi connectivity index (χ4n) is 1.99. The molecule has 3 aromatic heterocycles. The Morgan fingerprint density at radius 1 is 1.25 bits per heavy atom. The fourth-order valence-corrected chi connectivity index (χ4v) is 3.52. The standard InChI is InChI=1S/C13H15N5S2/c1-3-9(12-15-5-7-20-12)16-10-8-4-6-19-11(8)18-13(14-2)17-10/h4-7,9H,3H2,1-2H3,(H2,14,16,17,18). The van der Waals surface area contributed by atoms with Crippen LogP contribution >= 0.6 is 22.7 Å². The number of aromatic nitrogens is 3. The van der Waals surface area contributed by atoms with Crippen LogP contribution < -0.4 is 10.6 Å². The van der Waals surface area contributed by atoms with E-state index in [-0.39, 0.29) is 6.04 Å². The zero-order valence-corrected chi connectivity index (χ0v) is 12.9. The molecule has 0 aromatic carbocycles. The van der Waals surface area contributed by atoms with Crippen molar-refractivity contribution in [1.29, 1.82) is 0 Å². The Balaban J connectivity index is 1.98. The Labute approximate surface area is 125 Å². The number of nitrogens with zero attached hydrogens (tertiary/aromatic N) is 3. The van der Waals surface area contributed by atoms with Crippen molar-refractivity contribution in [3.63, 3.8) is 0 Å². The van der Waals surface area contributed by atoms with E-state index in [0.29, 0.717) is 5.95 Å². The van der Waals surface area contributed by atoms with Crippen molar-refractivity contribution in [3.05, 3.63) is 28.0 Å². The summed E-state index contributed by atoms with van der Waals surface area (Å²) in [6, 6.07) is 2.23. The minimum absolute atomic E-state index is 0.178. The molecule has 3 heterocycles. The van der Waals surface area contributed by atoms with Crippen LogP contribution in [-0.2, 0) is 0 Å². The van der Waals surface area contributed by atoms with E-state index in [0.717, 1.165) is 27.5 Å². The topological polar surface area (TPSA) is 62.7 Å². The predicted molar refractivity (Wildman–Crippen MR) is 85.7 cm³/mol. The van der Waals surface area contributed by atoms with Crippen LogP contribution in [0.15, 0.2) is 23.0 Å². The number of rotatable bonds is 5. The summed E-state index contributed by atoms with van der Waals surface area (Å²) in [4.78, 5) is 14.4. The highest BCUT2D eigenvalue weighted by molar-refractivity contribution is 7.16. The van der Waals surface area contributed by atoms with Gasteiger partial charge >= 0.3 is 0 Å². The minimum atomic E-state index is 0.178. The van der Waals surface area contributed by atoms with E-state index in [1.807, 2.05) is 24.0 Å². The maximum absolute atomic E-state index is 4.54. The average molecular weight is 305 g/mol. The molecule has 0 radical (unpaired) electrons. The minimum Gasteiger partial charge on any atom is -0.360 e. The number of hydrogen-bond donors (Lipinski definition) is 2. The summed E-state index contributed by atoms with van der Waals surface area (Å²) in [5, 5.41) is 12.7. The third-order valence-corrected chi connectivity index (χ3v) is 4.71. The highest BCUT2D eigenvalue weighted by Crippen LogP contribution is 2.30. The lowest BCUT2D eigenvalue weighted by Gasteiger charge is -2.16. The van der Waals surface area contributed by atoms with Gasteiger partial charge in [-0.2, -0.15) is 4.98 Å². The van der Waals surface area contributed by atoms with E-state index in [1.54, 1.807) is 22.7 Å². The number of hydrogen-bond acceptors (Lipinski definition) is 7. The van der Waals surface area contributed by atoms with E-state index < -0.39 is 0 Å². The molecule has 0 aliphatic heterocycles. The van der Waals surface area contributed by atoms with Crippen molar-refractivity contribution >= 4 is 44.7 Å². The molecule has 7 heteroatoms. The second-order valence-electron chi connectivity index (χ2n) is 4.26. The summed E-state index contributed by atoms with van der Waals surface area (Å²) in [7, 11) is 1.83. The van der Waals surface area contributed by atoms with Gasteiger partial charge in [-0.25, -0.2) is 9.97 Å². The number of nitrogens with one attached hydrogen (secondary N) is 2. The first-order valence-electron chi connectivity index (χ1n) is 6.40. The first kappa shape index (κ1) is 13.3. The summed E-state index contributed by atoms with van der Waals surface area (Å²) in [6.45, 7) is 2.14. The number of fused-ring (bicyclic) bond motifs is 1. The molecule has 104 valence electrons. The van der Waals surface area contributed by atoms with Gasteiger partial charge in [-0.05, 0) is 17.9 Å². The van der Waals surface area contributed by atoms with Crippen molar-refractivity contribution in [2.45, 2.75) is 19.4 Å². The Kier molecular flexibility index (Phi) is 3.79. The molecule has 1 atom stereocenters. The normalized spacial score (nSPS) is 12.5. The summed E-state index contributed by atoms with van der Waals surface area (Å²) in [5.41, 5.74) is 0. The molecule has 0 fully saturated rings. The first-order chi connectivity index (χ1) is 9.81. The van der Waals surface area contributed by atoms with Crippen LogP contribution in [0.2, 0.25) is 0 Å². The van der Waals surface area contributed by atoms with E-state index in [4.69, 9.17) is 0 Å². The molecule has 0 aliphatic carbocycles. The molecular formula is C13H15N5S2. The van der Waals surface area contributed by atoms with Gasteiger partial charge in [0.1, 0.15) is 15.7 Å². The smallest absolute Gasteiger partial charge is 0.225 e. The Morgan fingerprint density at radius 3 is 2.85 bits per heavy atom. The Hall–Kier alpha value is -1.73. The van der Waals surface area contributed by atoms with Crippen LogP contribution in [0.4, 0.5) is 11.8 Å². The molecule has 1 unspecified atom stereocenters. The van der Waals surface area contributed by atoms with E-state index in [1.165, 1.54) is 0 Å². The molecule has 20 heavy (non-hydrogen) atoms. The van der Waals surface area contributed by atoms with Gasteiger partial charge in [-0.1, -0.05) is 6.92 Å². The monoisotopic (exact) mass is 305 g/mol. The predicted octanol–water partition coefficient (Wildman–Crippen LogP) is 3.75. The SMILES string of the molecule is CCC(Nc1nc(NC)nc2sccc12)c1nccs1. The molecule has 0 aliphatic rings. The molecule has 3 aromatic rings. The number of thiophene rings is 1. The molecule has 5 nitrogen and oxygen atoms in total. The van der Waals surface area contributed by atoms with Gasteiger partial charge in [0, 0.05) is 18.6 Å². The fraction of sp³-hybridized carbons (Fsp3) is 0.308. The van der Waals surface area contributed by atoms with Gasteiger partial charge in [-0.3, -0.25) is 0 Å². The highest BCUT2D eigenvalue weighted by Gasteiger charge is 2.15. The molecule has 0 spiro atoms. The van der Waals surface area contributed by atoms with Crippen LogP contribution in [0.5, 0.6) is 0 Å². The quantitative estimate of drug-likeness (QED) is 0.751. The summed E-state index contributed by atoms with van der Waals surface area (Å²) >= 11 is 3.28. The third-order valence-electron chi connectivity index (χ3n) is 3.02. The molecule has 0 saturated carbocycles. The molecule has 0 saturated heterocycles. The van der Waals surface area contributed by atoms with Crippen LogP contribution in [0, 0.1) is 0 Å². The van der Waals surface area contributed by atoms with Crippen LogP contribution in [-0.4, -0.2) is 22.0 Å². The van der Waals surface area contributed by atoms with Crippen molar-refractivity contribution in [1.82, 2.24) is 15.0 Å². The van der Waals surface area contributed by atoms with E-state index >= 15 is 0 Å². The molecule has 0 amide bonds. The van der Waals surface area contributed by atoms with Crippen molar-refractivity contribution in [3.8, 4) is 0 Å². The van der Waals surface area contributed by atoms with Gasteiger partial charge in [-0.15, -0.1) is 22.7 Å². The average Bonchev–Trinajstić information content (AvgIpc) is 3.14. The summed E-state index contributed by atoms with van der Waals surface area (Å²) in [5.74, 6) is 1.50. The van der Waals surface area contributed by atoms with Crippen LogP contribution in [0.3, 0.4) is 0 Å². The van der Waals surface area contributed by atoms with E-state index in [2.05, 4.69) is 38.6 Å². The van der Waals surface area contributed by atoms with Gasteiger partial charge in [0.15, 0.2) is 0 Å². The number of thiazole rings is 1.